The van der Waals surface area contributed by atoms with E-state index in [1.165, 1.54) is 0 Å². The Balaban J connectivity index is 2.16. The van der Waals surface area contributed by atoms with Crippen LogP contribution >= 0.6 is 15.9 Å². The van der Waals surface area contributed by atoms with Gasteiger partial charge in [-0.05, 0) is 12.1 Å². The van der Waals surface area contributed by atoms with Gasteiger partial charge < -0.3 is 9.84 Å². The standard InChI is InChI=1S/C10H9BrF2O2/c11-7-2-1-6(5-14)8(3-7)15-9-4-10(9,12)13/h1-3,9,14H,4-5H2. The summed E-state index contributed by atoms with van der Waals surface area (Å²) in [6, 6.07) is 4.95. The van der Waals surface area contributed by atoms with Gasteiger partial charge in [0, 0.05) is 10.0 Å². The van der Waals surface area contributed by atoms with Gasteiger partial charge in [0.15, 0.2) is 6.10 Å². The normalized spacial score (nSPS) is 22.5. The summed E-state index contributed by atoms with van der Waals surface area (Å²) in [5.41, 5.74) is 0.515. The van der Waals surface area contributed by atoms with E-state index in [0.29, 0.717) is 11.3 Å². The van der Waals surface area contributed by atoms with Crippen LogP contribution < -0.4 is 4.74 Å². The molecule has 82 valence electrons. The molecule has 2 nitrogen and oxygen atoms in total. The van der Waals surface area contributed by atoms with E-state index in [1.54, 1.807) is 18.2 Å². The number of hydrogen-bond donors (Lipinski definition) is 1. The summed E-state index contributed by atoms with van der Waals surface area (Å²) in [5, 5.41) is 8.99. The van der Waals surface area contributed by atoms with E-state index in [2.05, 4.69) is 15.9 Å². The van der Waals surface area contributed by atoms with E-state index in [1.807, 2.05) is 0 Å². The zero-order valence-electron chi connectivity index (χ0n) is 7.71. The maximum atomic E-state index is 12.6. The van der Waals surface area contributed by atoms with Gasteiger partial charge in [-0.25, -0.2) is 8.78 Å². The molecule has 15 heavy (non-hydrogen) atoms. The highest BCUT2D eigenvalue weighted by atomic mass is 79.9. The van der Waals surface area contributed by atoms with Gasteiger partial charge in [0.2, 0.25) is 0 Å². The molecule has 0 spiro atoms. The molecule has 1 saturated carbocycles. The Morgan fingerprint density at radius 1 is 1.53 bits per heavy atom. The summed E-state index contributed by atoms with van der Waals surface area (Å²) in [6.45, 7) is -0.221. The summed E-state index contributed by atoms with van der Waals surface area (Å²) < 4.78 is 31.1. The zero-order valence-corrected chi connectivity index (χ0v) is 9.30. The molecule has 0 aliphatic heterocycles. The highest BCUT2D eigenvalue weighted by molar-refractivity contribution is 9.10. The zero-order chi connectivity index (χ0) is 11.1. The van der Waals surface area contributed by atoms with Gasteiger partial charge in [-0.15, -0.1) is 0 Å². The summed E-state index contributed by atoms with van der Waals surface area (Å²) in [5.74, 6) is -2.40. The van der Waals surface area contributed by atoms with Crippen LogP contribution in [0.15, 0.2) is 22.7 Å². The van der Waals surface area contributed by atoms with Crippen LogP contribution in [0.2, 0.25) is 0 Å². The van der Waals surface area contributed by atoms with Crippen LogP contribution in [0, 0.1) is 0 Å². The molecule has 0 amide bonds. The van der Waals surface area contributed by atoms with E-state index in [0.717, 1.165) is 4.47 Å². The van der Waals surface area contributed by atoms with Crippen LogP contribution in [0.1, 0.15) is 12.0 Å². The van der Waals surface area contributed by atoms with Crippen LogP contribution in [0.25, 0.3) is 0 Å². The lowest BCUT2D eigenvalue weighted by Crippen LogP contribution is -2.08. The van der Waals surface area contributed by atoms with E-state index < -0.39 is 12.0 Å². The highest BCUT2D eigenvalue weighted by Gasteiger charge is 2.59. The van der Waals surface area contributed by atoms with Gasteiger partial charge in [0.1, 0.15) is 5.75 Å². The Hall–Kier alpha value is -0.680. The summed E-state index contributed by atoms with van der Waals surface area (Å²) in [7, 11) is 0. The molecule has 1 unspecified atom stereocenters. The molecule has 2 rings (SSSR count). The van der Waals surface area contributed by atoms with Crippen LogP contribution in [0.4, 0.5) is 8.78 Å². The fourth-order valence-electron chi connectivity index (χ4n) is 1.24. The molecule has 1 aromatic carbocycles. The minimum Gasteiger partial charge on any atom is -0.483 e. The molecule has 0 saturated heterocycles. The van der Waals surface area contributed by atoms with Crippen LogP contribution in [-0.4, -0.2) is 17.1 Å². The lowest BCUT2D eigenvalue weighted by atomic mass is 10.2. The average Bonchev–Trinajstić information content (AvgIpc) is 2.74. The fourth-order valence-corrected chi connectivity index (χ4v) is 1.58. The fraction of sp³-hybridized carbons (Fsp3) is 0.400. The largest absolute Gasteiger partial charge is 0.483 e. The molecule has 0 radical (unpaired) electrons. The molecular weight excluding hydrogens is 270 g/mol. The van der Waals surface area contributed by atoms with E-state index >= 15 is 0 Å². The van der Waals surface area contributed by atoms with Gasteiger partial charge in [-0.2, -0.15) is 0 Å². The van der Waals surface area contributed by atoms with Crippen molar-refractivity contribution in [3.63, 3.8) is 0 Å². The number of alkyl halides is 2. The second-order valence-corrected chi connectivity index (χ2v) is 4.40. The number of benzene rings is 1. The predicted molar refractivity (Wildman–Crippen MR) is 54.0 cm³/mol. The predicted octanol–water partition coefficient (Wildman–Crippen LogP) is 2.73. The maximum absolute atomic E-state index is 12.6. The summed E-state index contributed by atoms with van der Waals surface area (Å²) in [6.07, 6.45) is -1.29. The minimum absolute atomic E-state index is 0.221. The number of ether oxygens (including phenoxy) is 1. The van der Waals surface area contributed by atoms with Gasteiger partial charge >= 0.3 is 0 Å². The molecule has 0 heterocycles. The number of hydrogen-bond acceptors (Lipinski definition) is 2. The van der Waals surface area contributed by atoms with Crippen molar-refractivity contribution in [3.05, 3.63) is 28.2 Å². The molecule has 1 aliphatic rings. The van der Waals surface area contributed by atoms with E-state index in [-0.39, 0.29) is 13.0 Å². The third-order valence-electron chi connectivity index (χ3n) is 2.24. The van der Waals surface area contributed by atoms with Crippen molar-refractivity contribution in [2.24, 2.45) is 0 Å². The Bertz CT molecular complexity index is 382. The number of aliphatic hydroxyl groups excluding tert-OH is 1. The molecule has 0 bridgehead atoms. The van der Waals surface area contributed by atoms with Crippen LogP contribution in [-0.2, 0) is 6.61 Å². The monoisotopic (exact) mass is 278 g/mol. The number of rotatable bonds is 3. The number of aliphatic hydroxyl groups is 1. The molecule has 5 heteroatoms. The van der Waals surface area contributed by atoms with Crippen molar-refractivity contribution >= 4 is 15.9 Å². The molecule has 1 aromatic rings. The average molecular weight is 279 g/mol. The summed E-state index contributed by atoms with van der Waals surface area (Å²) >= 11 is 3.22. The Morgan fingerprint density at radius 2 is 2.20 bits per heavy atom. The van der Waals surface area contributed by atoms with Crippen molar-refractivity contribution in [1.82, 2.24) is 0 Å². The molecule has 1 fully saturated rings. The highest BCUT2D eigenvalue weighted by Crippen LogP contribution is 2.45. The second-order valence-electron chi connectivity index (χ2n) is 3.48. The molecule has 1 N–H and O–H groups in total. The molecular formula is C10H9BrF2O2. The van der Waals surface area contributed by atoms with Crippen molar-refractivity contribution in [2.75, 3.05) is 0 Å². The Labute approximate surface area is 94.0 Å². The quantitative estimate of drug-likeness (QED) is 0.921. The number of halogens is 3. The SMILES string of the molecule is OCc1ccc(Br)cc1OC1CC1(F)F. The maximum Gasteiger partial charge on any atom is 0.288 e. The van der Waals surface area contributed by atoms with Gasteiger partial charge in [0.25, 0.3) is 5.92 Å². The van der Waals surface area contributed by atoms with Gasteiger partial charge in [-0.3, -0.25) is 0 Å². The van der Waals surface area contributed by atoms with Crippen molar-refractivity contribution in [1.29, 1.82) is 0 Å². The van der Waals surface area contributed by atoms with Crippen LogP contribution in [0.3, 0.4) is 0 Å². The van der Waals surface area contributed by atoms with Crippen molar-refractivity contribution < 1.29 is 18.6 Å². The van der Waals surface area contributed by atoms with Crippen molar-refractivity contribution in [3.8, 4) is 5.75 Å². The van der Waals surface area contributed by atoms with Crippen molar-refractivity contribution in [2.45, 2.75) is 25.1 Å². The lowest BCUT2D eigenvalue weighted by molar-refractivity contribution is 0.0656. The first-order valence-electron chi connectivity index (χ1n) is 4.47. The van der Waals surface area contributed by atoms with Gasteiger partial charge in [-0.1, -0.05) is 22.0 Å². The second kappa shape index (κ2) is 3.72. The van der Waals surface area contributed by atoms with E-state index in [4.69, 9.17) is 9.84 Å². The van der Waals surface area contributed by atoms with E-state index in [9.17, 15) is 8.78 Å². The molecule has 1 aliphatic carbocycles. The molecule has 1 atom stereocenters. The smallest absolute Gasteiger partial charge is 0.288 e. The molecule has 0 aromatic heterocycles. The Kier molecular flexibility index (Phi) is 2.68. The van der Waals surface area contributed by atoms with Crippen LogP contribution in [0.5, 0.6) is 5.75 Å². The first-order chi connectivity index (χ1) is 7.03. The minimum atomic E-state index is -2.71. The summed E-state index contributed by atoms with van der Waals surface area (Å²) in [4.78, 5) is 0. The van der Waals surface area contributed by atoms with Gasteiger partial charge in [0.05, 0.1) is 13.0 Å². The topological polar surface area (TPSA) is 29.5 Å². The first-order valence-corrected chi connectivity index (χ1v) is 5.26. The first kappa shape index (κ1) is 10.8. The third kappa shape index (κ3) is 2.29. The lowest BCUT2D eigenvalue weighted by Gasteiger charge is -2.09. The third-order valence-corrected chi connectivity index (χ3v) is 2.73. The Morgan fingerprint density at radius 3 is 2.73 bits per heavy atom.